The summed E-state index contributed by atoms with van der Waals surface area (Å²) >= 11 is 0. The van der Waals surface area contributed by atoms with Gasteiger partial charge in [0.05, 0.1) is 18.7 Å². The summed E-state index contributed by atoms with van der Waals surface area (Å²) in [5, 5.41) is 12.1. The first kappa shape index (κ1) is 19.8. The topological polar surface area (TPSA) is 100 Å². The van der Waals surface area contributed by atoms with Crippen molar-refractivity contribution in [1.82, 2.24) is 14.9 Å². The molecule has 7 nitrogen and oxygen atoms in total. The lowest BCUT2D eigenvalue weighted by atomic mass is 9.85. The molecule has 0 radical (unpaired) electrons. The molecule has 0 unspecified atom stereocenters. The summed E-state index contributed by atoms with van der Waals surface area (Å²) in [7, 11) is 0. The highest BCUT2D eigenvalue weighted by Crippen LogP contribution is 2.29. The Bertz CT molecular complexity index is 869. The van der Waals surface area contributed by atoms with Crippen molar-refractivity contribution in [1.29, 1.82) is 5.41 Å². The van der Waals surface area contributed by atoms with Gasteiger partial charge in [0.15, 0.2) is 0 Å². The predicted octanol–water partition coefficient (Wildman–Crippen LogP) is 2.88. The average Bonchev–Trinajstić information content (AvgIpc) is 2.79. The van der Waals surface area contributed by atoms with Crippen LogP contribution in [-0.4, -0.2) is 60.0 Å². The van der Waals surface area contributed by atoms with E-state index in [0.717, 1.165) is 61.2 Å². The monoisotopic (exact) mass is 394 g/mol. The van der Waals surface area contributed by atoms with Crippen LogP contribution in [0.25, 0.3) is 16.5 Å². The minimum Gasteiger partial charge on any atom is -0.404 e. The molecule has 2 aliphatic rings. The first-order valence-electron chi connectivity index (χ1n) is 10.5. The van der Waals surface area contributed by atoms with E-state index in [0.29, 0.717) is 11.5 Å². The minimum atomic E-state index is 0.668. The molecule has 4 N–H and O–H groups in total. The summed E-state index contributed by atoms with van der Waals surface area (Å²) < 4.78 is 5.49. The zero-order valence-corrected chi connectivity index (χ0v) is 16.8. The summed E-state index contributed by atoms with van der Waals surface area (Å²) in [4.78, 5) is 11.5. The van der Waals surface area contributed by atoms with Crippen LogP contribution in [0.1, 0.15) is 31.2 Å². The number of rotatable bonds is 6. The molecule has 0 spiro atoms. The lowest BCUT2D eigenvalue weighted by Gasteiger charge is -2.38. The second-order valence-electron chi connectivity index (χ2n) is 7.92. The number of ether oxygens (including phenoxy) is 1. The number of anilines is 1. The summed E-state index contributed by atoms with van der Waals surface area (Å²) in [5.41, 5.74) is 8.13. The molecule has 154 valence electrons. The maximum absolute atomic E-state index is 7.53. The van der Waals surface area contributed by atoms with Crippen LogP contribution in [0.3, 0.4) is 0 Å². The Kier molecular flexibility index (Phi) is 6.36. The van der Waals surface area contributed by atoms with Crippen molar-refractivity contribution >= 4 is 28.5 Å². The number of aromatic nitrogens is 2. The minimum absolute atomic E-state index is 0.668. The molecule has 29 heavy (non-hydrogen) atoms. The lowest BCUT2D eigenvalue weighted by Crippen LogP contribution is -2.45. The quantitative estimate of drug-likeness (QED) is 0.652. The zero-order chi connectivity index (χ0) is 20.1. The molecule has 1 aliphatic heterocycles. The Morgan fingerprint density at radius 3 is 2.72 bits per heavy atom. The van der Waals surface area contributed by atoms with Gasteiger partial charge >= 0.3 is 0 Å². The summed E-state index contributed by atoms with van der Waals surface area (Å²) in [6.45, 7) is 4.85. The number of hydrogen-bond donors (Lipinski definition) is 3. The van der Waals surface area contributed by atoms with E-state index in [4.69, 9.17) is 15.9 Å². The van der Waals surface area contributed by atoms with E-state index in [1.165, 1.54) is 38.1 Å². The van der Waals surface area contributed by atoms with Crippen molar-refractivity contribution in [2.24, 2.45) is 11.7 Å². The summed E-state index contributed by atoms with van der Waals surface area (Å²) in [6.07, 6.45) is 9.36. The van der Waals surface area contributed by atoms with E-state index in [-0.39, 0.29) is 0 Å². The molecule has 1 saturated carbocycles. The molecule has 1 aliphatic carbocycles. The van der Waals surface area contributed by atoms with Crippen LogP contribution >= 0.6 is 0 Å². The fraction of sp³-hybridized carbons (Fsp3) is 0.500. The van der Waals surface area contributed by atoms with Crippen LogP contribution in [0.15, 0.2) is 30.7 Å². The van der Waals surface area contributed by atoms with Gasteiger partial charge in [0.2, 0.25) is 0 Å². The molecule has 0 bridgehead atoms. The van der Waals surface area contributed by atoms with Crippen molar-refractivity contribution in [2.75, 3.05) is 38.2 Å². The second kappa shape index (κ2) is 9.33. The summed E-state index contributed by atoms with van der Waals surface area (Å²) in [5.74, 6) is 1.52. The fourth-order valence-electron chi connectivity index (χ4n) is 4.50. The number of fused-ring (bicyclic) bond motifs is 1. The third-order valence-electron chi connectivity index (χ3n) is 6.24. The first-order valence-corrected chi connectivity index (χ1v) is 10.5. The summed E-state index contributed by atoms with van der Waals surface area (Å²) in [6, 6.07) is 6.63. The maximum atomic E-state index is 7.53. The van der Waals surface area contributed by atoms with Crippen LogP contribution in [0.4, 0.5) is 5.82 Å². The molecule has 0 atom stereocenters. The molecule has 7 heteroatoms. The van der Waals surface area contributed by atoms with Crippen molar-refractivity contribution in [3.8, 4) is 0 Å². The molecular formula is C22H30N6O. The van der Waals surface area contributed by atoms with E-state index in [1.54, 1.807) is 6.33 Å². The third kappa shape index (κ3) is 4.57. The highest BCUT2D eigenvalue weighted by molar-refractivity contribution is 6.09. The average molecular weight is 395 g/mol. The smallest absolute Gasteiger partial charge is 0.137 e. The largest absolute Gasteiger partial charge is 0.404 e. The molecule has 2 aromatic rings. The standard InChI is InChI=1S/C22H30N6O/c23-12-18(13-24)17-3-6-21-20(11-17)22(27-15-26-21)25-14-16-1-4-19(5-2-16)28-7-9-29-10-8-28/h3,6,11-13,15-16,19,23H,1-2,4-5,7-10,14,24H2,(H,25,26,27). The van der Waals surface area contributed by atoms with Crippen LogP contribution in [0.2, 0.25) is 0 Å². The predicted molar refractivity (Wildman–Crippen MR) is 117 cm³/mol. The highest BCUT2D eigenvalue weighted by Gasteiger charge is 2.26. The van der Waals surface area contributed by atoms with Crippen LogP contribution < -0.4 is 11.1 Å². The normalized spacial score (nSPS) is 23.8. The lowest BCUT2D eigenvalue weighted by molar-refractivity contribution is 0.00540. The molecular weight excluding hydrogens is 364 g/mol. The van der Waals surface area contributed by atoms with E-state index in [2.05, 4.69) is 20.2 Å². The molecule has 1 aromatic heterocycles. The van der Waals surface area contributed by atoms with Crippen LogP contribution in [0.5, 0.6) is 0 Å². The van der Waals surface area contributed by atoms with Gasteiger partial charge in [0.1, 0.15) is 12.1 Å². The number of nitrogens with one attached hydrogen (secondary N) is 2. The highest BCUT2D eigenvalue weighted by atomic mass is 16.5. The van der Waals surface area contributed by atoms with Gasteiger partial charge in [-0.15, -0.1) is 0 Å². The van der Waals surface area contributed by atoms with Gasteiger partial charge in [-0.25, -0.2) is 9.97 Å². The van der Waals surface area contributed by atoms with E-state index in [1.807, 2.05) is 18.2 Å². The van der Waals surface area contributed by atoms with E-state index >= 15 is 0 Å². The number of nitrogens with zero attached hydrogens (tertiary/aromatic N) is 3. The molecule has 2 fully saturated rings. The SMILES string of the molecule is N=CC(=CN)c1ccc2ncnc(NCC3CCC(N4CCOCC4)CC3)c2c1. The van der Waals surface area contributed by atoms with Gasteiger partial charge in [0, 0.05) is 49.0 Å². The van der Waals surface area contributed by atoms with Crippen molar-refractivity contribution < 1.29 is 4.74 Å². The van der Waals surface area contributed by atoms with Crippen molar-refractivity contribution in [3.05, 3.63) is 36.3 Å². The number of benzene rings is 1. The van der Waals surface area contributed by atoms with Gasteiger partial charge in [-0.05, 0) is 49.3 Å². The number of hydrogen-bond acceptors (Lipinski definition) is 7. The van der Waals surface area contributed by atoms with Gasteiger partial charge in [-0.3, -0.25) is 4.90 Å². The van der Waals surface area contributed by atoms with Gasteiger partial charge in [0.25, 0.3) is 0 Å². The van der Waals surface area contributed by atoms with Gasteiger partial charge in [-0.1, -0.05) is 6.07 Å². The number of morpholine rings is 1. The first-order chi connectivity index (χ1) is 14.3. The Labute approximate surface area is 171 Å². The van der Waals surface area contributed by atoms with E-state index < -0.39 is 0 Å². The molecule has 0 amide bonds. The van der Waals surface area contributed by atoms with E-state index in [9.17, 15) is 0 Å². The number of nitrogens with two attached hydrogens (primary N) is 1. The zero-order valence-electron chi connectivity index (χ0n) is 16.8. The van der Waals surface area contributed by atoms with Gasteiger partial charge < -0.3 is 21.2 Å². The molecule has 1 aromatic carbocycles. The Hall–Kier alpha value is -2.51. The van der Waals surface area contributed by atoms with Crippen LogP contribution in [-0.2, 0) is 4.74 Å². The van der Waals surface area contributed by atoms with Crippen LogP contribution in [0, 0.1) is 11.3 Å². The van der Waals surface area contributed by atoms with Crippen molar-refractivity contribution in [3.63, 3.8) is 0 Å². The maximum Gasteiger partial charge on any atom is 0.137 e. The van der Waals surface area contributed by atoms with Gasteiger partial charge in [-0.2, -0.15) is 0 Å². The second-order valence-corrected chi connectivity index (χ2v) is 7.92. The Morgan fingerprint density at radius 2 is 2.00 bits per heavy atom. The Morgan fingerprint density at radius 1 is 1.21 bits per heavy atom. The molecule has 2 heterocycles. The third-order valence-corrected chi connectivity index (χ3v) is 6.24. The molecule has 1 saturated heterocycles. The number of allylic oxidation sites excluding steroid dienone is 1. The Balaban J connectivity index is 1.39. The molecule has 4 rings (SSSR count). The van der Waals surface area contributed by atoms with Crippen molar-refractivity contribution in [2.45, 2.75) is 31.7 Å². The fourth-order valence-corrected chi connectivity index (χ4v) is 4.50.